The molecule has 0 spiro atoms. The van der Waals surface area contributed by atoms with E-state index in [1.165, 1.54) is 0 Å². The smallest absolute Gasteiger partial charge is 0.200 e. The van der Waals surface area contributed by atoms with Gasteiger partial charge in [-0.3, -0.25) is 0 Å². The van der Waals surface area contributed by atoms with E-state index in [1.54, 1.807) is 0 Å². The summed E-state index contributed by atoms with van der Waals surface area (Å²) in [6, 6.07) is 10.3. The maximum Gasteiger partial charge on any atom is 0.200 e. The van der Waals surface area contributed by atoms with Gasteiger partial charge in [-0.25, -0.2) is 0 Å². The molecule has 2 rings (SSSR count). The average molecular weight is 765 g/mol. The predicted octanol–water partition coefficient (Wildman–Crippen LogP) is 12.4. The second-order valence-corrected chi connectivity index (χ2v) is 34.6. The zero-order chi connectivity index (χ0) is 39.2. The van der Waals surface area contributed by atoms with Gasteiger partial charge in [-0.05, 0) is 76.4 Å². The molecule has 9 heteroatoms. The molecule has 6 nitrogen and oxygen atoms in total. The van der Waals surface area contributed by atoms with Gasteiger partial charge in [0.1, 0.15) is 12.2 Å². The molecule has 1 aromatic carbocycles. The summed E-state index contributed by atoms with van der Waals surface area (Å²) >= 11 is 0. The Morgan fingerprint density at radius 1 is 0.745 bits per heavy atom. The maximum absolute atomic E-state index is 7.51. The summed E-state index contributed by atoms with van der Waals surface area (Å²) in [5, 5.41) is -0.0106. The minimum Gasteiger partial charge on any atom is -0.412 e. The van der Waals surface area contributed by atoms with E-state index < -0.39 is 30.7 Å². The standard InChI is InChI=1S/C42H80O6Si3/c1-30(2)50(31(3)4,32(5)6)44-26-25-37(28-45-51(33(7)8,34(9)10)35(11)12)39(48-49(18,19)41(13,14)15)40-38(46-42(16,17)47-40)29-43-27-36-23-21-20-22-24-36/h20-25,30-35,38-40H,26-29H2,1-19H3/b37-25+/t38-,39+,40+/m0/s1. The van der Waals surface area contributed by atoms with Crippen LogP contribution >= 0.6 is 0 Å². The lowest BCUT2D eigenvalue weighted by molar-refractivity contribution is -0.156. The molecule has 1 saturated heterocycles. The predicted molar refractivity (Wildman–Crippen MR) is 224 cm³/mol. The van der Waals surface area contributed by atoms with Gasteiger partial charge >= 0.3 is 0 Å². The first-order valence-corrected chi connectivity index (χ1v) is 27.2. The van der Waals surface area contributed by atoms with Crippen LogP contribution in [-0.2, 0) is 34.1 Å². The van der Waals surface area contributed by atoms with Gasteiger partial charge in [0.2, 0.25) is 16.6 Å². The lowest BCUT2D eigenvalue weighted by Gasteiger charge is -2.45. The number of hydrogen-bond donors (Lipinski definition) is 0. The molecular weight excluding hydrogens is 685 g/mol. The molecule has 0 amide bonds. The molecule has 1 aliphatic heterocycles. The highest BCUT2D eigenvalue weighted by Gasteiger charge is 2.52. The Kier molecular flexibility index (Phi) is 17.2. The third-order valence-electron chi connectivity index (χ3n) is 12.1. The van der Waals surface area contributed by atoms with E-state index in [4.69, 9.17) is 27.5 Å². The third-order valence-corrected chi connectivity index (χ3v) is 28.7. The Hall–Kier alpha value is -0.629. The normalized spacial score (nSPS) is 20.2. The second kappa shape index (κ2) is 18.8. The first-order valence-electron chi connectivity index (χ1n) is 20.0. The fourth-order valence-corrected chi connectivity index (χ4v) is 20.8. The first-order chi connectivity index (χ1) is 23.4. The summed E-state index contributed by atoms with van der Waals surface area (Å²) in [6.07, 6.45) is 1.23. The molecule has 51 heavy (non-hydrogen) atoms. The van der Waals surface area contributed by atoms with Crippen molar-refractivity contribution in [3.63, 3.8) is 0 Å². The Morgan fingerprint density at radius 2 is 1.22 bits per heavy atom. The highest BCUT2D eigenvalue weighted by molar-refractivity contribution is 6.78. The van der Waals surface area contributed by atoms with Crippen molar-refractivity contribution in [3.8, 4) is 0 Å². The molecule has 1 aliphatic rings. The fourth-order valence-electron chi connectivity index (χ4n) is 8.72. The van der Waals surface area contributed by atoms with Crippen LogP contribution in [0.3, 0.4) is 0 Å². The lowest BCUT2D eigenvalue weighted by atomic mass is 10.0. The Bertz CT molecular complexity index is 1160. The van der Waals surface area contributed by atoms with E-state index in [9.17, 15) is 0 Å². The minimum atomic E-state index is -2.32. The quantitative estimate of drug-likeness (QED) is 0.0973. The van der Waals surface area contributed by atoms with Gasteiger partial charge in [0.15, 0.2) is 14.1 Å². The molecule has 1 aromatic rings. The minimum absolute atomic E-state index is 0.0106. The van der Waals surface area contributed by atoms with Crippen LogP contribution in [0.1, 0.15) is 123 Å². The van der Waals surface area contributed by atoms with Crippen LogP contribution in [0, 0.1) is 0 Å². The molecule has 3 atom stereocenters. The Labute approximate surface area is 318 Å². The highest BCUT2D eigenvalue weighted by atomic mass is 28.4. The second-order valence-electron chi connectivity index (χ2n) is 19.0. The van der Waals surface area contributed by atoms with Crippen LogP contribution in [0.2, 0.25) is 51.4 Å². The number of benzene rings is 1. The molecule has 0 bridgehead atoms. The van der Waals surface area contributed by atoms with Crippen LogP contribution in [-0.4, -0.2) is 68.9 Å². The average Bonchev–Trinajstić information content (AvgIpc) is 3.29. The van der Waals surface area contributed by atoms with Crippen LogP contribution in [0.15, 0.2) is 42.0 Å². The highest BCUT2D eigenvalue weighted by Crippen LogP contribution is 2.46. The van der Waals surface area contributed by atoms with Crippen LogP contribution in [0.4, 0.5) is 0 Å². The van der Waals surface area contributed by atoms with E-state index in [0.717, 1.165) is 11.1 Å². The monoisotopic (exact) mass is 765 g/mol. The summed E-state index contributed by atoms with van der Waals surface area (Å²) in [5.41, 5.74) is 5.10. The number of ether oxygens (including phenoxy) is 3. The molecule has 0 saturated carbocycles. The molecule has 1 fully saturated rings. The summed E-state index contributed by atoms with van der Waals surface area (Å²) < 4.78 is 42.0. The van der Waals surface area contributed by atoms with E-state index in [-0.39, 0.29) is 23.4 Å². The van der Waals surface area contributed by atoms with Crippen LogP contribution < -0.4 is 0 Å². The van der Waals surface area contributed by atoms with Gasteiger partial charge in [0.25, 0.3) is 0 Å². The van der Waals surface area contributed by atoms with Crippen molar-refractivity contribution in [2.45, 2.75) is 200 Å². The number of rotatable bonds is 20. The Balaban J connectivity index is 2.73. The van der Waals surface area contributed by atoms with E-state index in [2.05, 4.69) is 135 Å². The van der Waals surface area contributed by atoms with E-state index in [0.29, 0.717) is 59.7 Å². The molecule has 296 valence electrons. The SMILES string of the molecule is CC(C)[Si](OC/C=C(\CO[Si](C(C)C)(C(C)C)C(C)C)[C@@H](O[Si](C)(C)C(C)(C)C)[C@@H]1OC(C)(C)O[C@H]1COCc1ccccc1)(C(C)C)C(C)C. The van der Waals surface area contributed by atoms with Crippen molar-refractivity contribution in [2.75, 3.05) is 19.8 Å². The van der Waals surface area contributed by atoms with Crippen molar-refractivity contribution < 1.29 is 27.5 Å². The lowest BCUT2D eigenvalue weighted by Crippen LogP contribution is -2.53. The van der Waals surface area contributed by atoms with Crippen molar-refractivity contribution in [1.29, 1.82) is 0 Å². The van der Waals surface area contributed by atoms with Gasteiger partial charge in [-0.2, -0.15) is 0 Å². The summed E-state index contributed by atoms with van der Waals surface area (Å²) in [5.74, 6) is -0.787. The molecule has 1 heterocycles. The first kappa shape index (κ1) is 46.5. The molecular formula is C42H80O6Si3. The van der Waals surface area contributed by atoms with Crippen LogP contribution in [0.25, 0.3) is 0 Å². The van der Waals surface area contributed by atoms with E-state index >= 15 is 0 Å². The third kappa shape index (κ3) is 11.4. The topological polar surface area (TPSA) is 55.4 Å². The van der Waals surface area contributed by atoms with Crippen molar-refractivity contribution >= 4 is 25.0 Å². The molecule has 0 aromatic heterocycles. The van der Waals surface area contributed by atoms with Crippen LogP contribution in [0.5, 0.6) is 0 Å². The van der Waals surface area contributed by atoms with Gasteiger partial charge < -0.3 is 27.5 Å². The summed E-state index contributed by atoms with van der Waals surface area (Å²) in [4.78, 5) is 0. The molecule has 0 radical (unpaired) electrons. The van der Waals surface area contributed by atoms with Crippen molar-refractivity contribution in [1.82, 2.24) is 0 Å². The van der Waals surface area contributed by atoms with Crippen molar-refractivity contribution in [3.05, 3.63) is 47.5 Å². The fraction of sp³-hybridized carbons (Fsp3) is 0.810. The largest absolute Gasteiger partial charge is 0.412 e. The zero-order valence-electron chi connectivity index (χ0n) is 36.4. The zero-order valence-corrected chi connectivity index (χ0v) is 39.4. The van der Waals surface area contributed by atoms with Gasteiger partial charge in [-0.1, -0.05) is 140 Å². The molecule has 0 N–H and O–H groups in total. The molecule has 0 aliphatic carbocycles. The van der Waals surface area contributed by atoms with Gasteiger partial charge in [0.05, 0.1) is 32.5 Å². The summed E-state index contributed by atoms with van der Waals surface area (Å²) in [7, 11) is -6.66. The van der Waals surface area contributed by atoms with Gasteiger partial charge in [-0.15, -0.1) is 0 Å². The summed E-state index contributed by atoms with van der Waals surface area (Å²) in [6.45, 7) is 45.7. The van der Waals surface area contributed by atoms with E-state index in [1.807, 2.05) is 32.0 Å². The van der Waals surface area contributed by atoms with Gasteiger partial charge in [0, 0.05) is 0 Å². The van der Waals surface area contributed by atoms with Crippen molar-refractivity contribution in [2.24, 2.45) is 0 Å². The Morgan fingerprint density at radius 3 is 1.67 bits per heavy atom. The maximum atomic E-state index is 7.51. The number of hydrogen-bond acceptors (Lipinski definition) is 6. The molecule has 0 unspecified atom stereocenters.